The molecule has 0 saturated carbocycles. The van der Waals surface area contributed by atoms with Gasteiger partial charge in [-0.3, -0.25) is 0 Å². The molecular formula is C25H24N2O. The Morgan fingerprint density at radius 3 is 2.54 bits per heavy atom. The van der Waals surface area contributed by atoms with E-state index in [-0.39, 0.29) is 6.04 Å². The van der Waals surface area contributed by atoms with E-state index < -0.39 is 6.10 Å². The highest BCUT2D eigenvalue weighted by atomic mass is 16.3. The summed E-state index contributed by atoms with van der Waals surface area (Å²) in [6.07, 6.45) is 2.79. The molecule has 3 aromatic carbocycles. The summed E-state index contributed by atoms with van der Waals surface area (Å²) in [6.45, 7) is 0.971. The van der Waals surface area contributed by atoms with Crippen molar-refractivity contribution >= 4 is 21.7 Å². The third-order valence-corrected chi connectivity index (χ3v) is 5.85. The Balaban J connectivity index is 1.76. The number of aliphatic hydroxyl groups is 1. The van der Waals surface area contributed by atoms with Gasteiger partial charge in [0.05, 0.1) is 17.3 Å². The molecule has 3 nitrogen and oxygen atoms in total. The molecule has 5 rings (SSSR count). The quantitative estimate of drug-likeness (QED) is 0.487. The van der Waals surface area contributed by atoms with Crippen LogP contribution in [0.4, 0.5) is 0 Å². The van der Waals surface area contributed by atoms with Gasteiger partial charge in [0.1, 0.15) is 0 Å². The number of nitrogens with one attached hydrogen (secondary N) is 1. The zero-order valence-electron chi connectivity index (χ0n) is 15.8. The van der Waals surface area contributed by atoms with Gasteiger partial charge in [0, 0.05) is 22.4 Å². The van der Waals surface area contributed by atoms with E-state index in [0.29, 0.717) is 0 Å². The van der Waals surface area contributed by atoms with Gasteiger partial charge in [0.2, 0.25) is 0 Å². The minimum absolute atomic E-state index is 0.0921. The summed E-state index contributed by atoms with van der Waals surface area (Å²) in [5.74, 6) is 0. The van der Waals surface area contributed by atoms with E-state index in [2.05, 4.69) is 59.9 Å². The number of benzene rings is 3. The average molecular weight is 368 g/mol. The van der Waals surface area contributed by atoms with Gasteiger partial charge >= 0.3 is 0 Å². The van der Waals surface area contributed by atoms with E-state index >= 15 is 0 Å². The van der Waals surface area contributed by atoms with Crippen molar-refractivity contribution in [1.29, 1.82) is 0 Å². The topological polar surface area (TPSA) is 45.2 Å². The highest BCUT2D eigenvalue weighted by Crippen LogP contribution is 2.35. The van der Waals surface area contributed by atoms with Crippen LogP contribution in [0, 0.1) is 0 Å². The number of fused-ring (bicyclic) bond motifs is 3. The lowest BCUT2D eigenvalue weighted by Gasteiger charge is -2.29. The van der Waals surface area contributed by atoms with Crippen molar-refractivity contribution < 1.29 is 5.11 Å². The average Bonchev–Trinajstić information content (AvgIpc) is 2.79. The second-order valence-corrected chi connectivity index (χ2v) is 7.65. The first-order valence-corrected chi connectivity index (χ1v) is 10.1. The van der Waals surface area contributed by atoms with Crippen LogP contribution in [0.1, 0.15) is 30.9 Å². The minimum Gasteiger partial charge on any atom is -0.387 e. The Labute approximate surface area is 165 Å². The summed E-state index contributed by atoms with van der Waals surface area (Å²) < 4.78 is 0. The zero-order chi connectivity index (χ0) is 18.9. The first-order valence-electron chi connectivity index (χ1n) is 10.1. The zero-order valence-corrected chi connectivity index (χ0v) is 15.8. The molecular weight excluding hydrogens is 344 g/mol. The molecule has 1 aliphatic heterocycles. The van der Waals surface area contributed by atoms with Gasteiger partial charge in [0.25, 0.3) is 0 Å². The molecule has 2 atom stereocenters. The molecule has 0 unspecified atom stereocenters. The Kier molecular flexibility index (Phi) is 4.55. The van der Waals surface area contributed by atoms with Gasteiger partial charge in [-0.2, -0.15) is 0 Å². The molecule has 2 N–H and O–H groups in total. The minimum atomic E-state index is -0.547. The van der Waals surface area contributed by atoms with E-state index in [9.17, 15) is 5.11 Å². The molecule has 0 amide bonds. The maximum atomic E-state index is 11.3. The lowest BCUT2D eigenvalue weighted by molar-refractivity contribution is 0.115. The number of aromatic nitrogens is 1. The maximum Gasteiger partial charge on any atom is 0.0950 e. The van der Waals surface area contributed by atoms with Crippen LogP contribution in [0.25, 0.3) is 32.9 Å². The van der Waals surface area contributed by atoms with Gasteiger partial charge in [-0.05, 0) is 36.4 Å². The molecule has 1 aliphatic rings. The predicted octanol–water partition coefficient (Wildman–Crippen LogP) is 5.23. The second kappa shape index (κ2) is 7.34. The number of rotatable bonds is 3. The second-order valence-electron chi connectivity index (χ2n) is 7.65. The van der Waals surface area contributed by atoms with E-state index in [1.165, 1.54) is 11.8 Å². The van der Waals surface area contributed by atoms with Crippen molar-refractivity contribution in [2.45, 2.75) is 31.4 Å². The molecule has 1 fully saturated rings. The standard InChI is InChI=1S/C25H24N2O/c28-25(22-12-6-7-15-26-22)21-16-23(18-9-2-1-3-10-18)27-24-19-11-5-4-8-17(19)13-14-20(21)24/h1-5,8-11,13-14,16,22,25-26,28H,6-7,12,15H2/t22-,25+/m1/s1. The van der Waals surface area contributed by atoms with Crippen molar-refractivity contribution in [3.05, 3.63) is 78.4 Å². The lowest BCUT2D eigenvalue weighted by atomic mass is 9.91. The molecule has 140 valence electrons. The summed E-state index contributed by atoms with van der Waals surface area (Å²) in [5.41, 5.74) is 3.91. The smallest absolute Gasteiger partial charge is 0.0950 e. The molecule has 1 saturated heterocycles. The van der Waals surface area contributed by atoms with Crippen LogP contribution >= 0.6 is 0 Å². The third kappa shape index (κ3) is 3.07. The number of pyridine rings is 1. The molecule has 1 aromatic heterocycles. The Hall–Kier alpha value is -2.75. The fraction of sp³-hybridized carbons (Fsp3) is 0.240. The highest BCUT2D eigenvalue weighted by Gasteiger charge is 2.25. The SMILES string of the molecule is O[C@@H](c1cc(-c2ccccc2)nc2c1ccc1ccccc12)[C@H]1CCCCN1. The molecule has 0 aliphatic carbocycles. The van der Waals surface area contributed by atoms with Gasteiger partial charge < -0.3 is 10.4 Å². The normalized spacial score (nSPS) is 18.4. The van der Waals surface area contributed by atoms with E-state index in [4.69, 9.17) is 4.98 Å². The monoisotopic (exact) mass is 368 g/mol. The van der Waals surface area contributed by atoms with Crippen LogP contribution in [0.5, 0.6) is 0 Å². The van der Waals surface area contributed by atoms with Crippen molar-refractivity contribution in [3.63, 3.8) is 0 Å². The van der Waals surface area contributed by atoms with Crippen LogP contribution in [-0.2, 0) is 0 Å². The predicted molar refractivity (Wildman–Crippen MR) is 115 cm³/mol. The summed E-state index contributed by atoms with van der Waals surface area (Å²) in [4.78, 5) is 5.03. The van der Waals surface area contributed by atoms with Crippen molar-refractivity contribution in [2.75, 3.05) is 6.54 Å². The van der Waals surface area contributed by atoms with Gasteiger partial charge in [-0.1, -0.05) is 73.2 Å². The summed E-state index contributed by atoms with van der Waals surface area (Å²) in [7, 11) is 0. The van der Waals surface area contributed by atoms with Crippen LogP contribution in [0.3, 0.4) is 0 Å². The lowest BCUT2D eigenvalue weighted by Crippen LogP contribution is -2.38. The summed E-state index contributed by atoms with van der Waals surface area (Å²) >= 11 is 0. The third-order valence-electron chi connectivity index (χ3n) is 5.85. The Morgan fingerprint density at radius 1 is 0.893 bits per heavy atom. The molecule has 28 heavy (non-hydrogen) atoms. The fourth-order valence-corrected chi connectivity index (χ4v) is 4.35. The van der Waals surface area contributed by atoms with E-state index in [0.717, 1.165) is 52.5 Å². The van der Waals surface area contributed by atoms with E-state index in [1.54, 1.807) is 0 Å². The Bertz CT molecular complexity index is 1120. The maximum absolute atomic E-state index is 11.3. The summed E-state index contributed by atoms with van der Waals surface area (Å²) in [5, 5.41) is 18.1. The fourth-order valence-electron chi connectivity index (χ4n) is 4.35. The highest BCUT2D eigenvalue weighted by molar-refractivity contribution is 6.07. The number of piperidine rings is 1. The van der Waals surface area contributed by atoms with Gasteiger partial charge in [-0.15, -0.1) is 0 Å². The molecule has 0 radical (unpaired) electrons. The van der Waals surface area contributed by atoms with Crippen LogP contribution in [0.15, 0.2) is 72.8 Å². The van der Waals surface area contributed by atoms with Gasteiger partial charge in [-0.25, -0.2) is 4.98 Å². The van der Waals surface area contributed by atoms with Crippen molar-refractivity contribution in [2.24, 2.45) is 0 Å². The van der Waals surface area contributed by atoms with Crippen LogP contribution in [0.2, 0.25) is 0 Å². The number of aliphatic hydroxyl groups excluding tert-OH is 1. The molecule has 0 spiro atoms. The number of hydrogen-bond acceptors (Lipinski definition) is 3. The largest absolute Gasteiger partial charge is 0.387 e. The van der Waals surface area contributed by atoms with Crippen molar-refractivity contribution in [1.82, 2.24) is 10.3 Å². The van der Waals surface area contributed by atoms with Crippen LogP contribution in [-0.4, -0.2) is 22.7 Å². The Morgan fingerprint density at radius 2 is 1.71 bits per heavy atom. The van der Waals surface area contributed by atoms with Crippen molar-refractivity contribution in [3.8, 4) is 11.3 Å². The van der Waals surface area contributed by atoms with E-state index in [1.807, 2.05) is 18.2 Å². The molecule has 4 aromatic rings. The molecule has 0 bridgehead atoms. The summed E-state index contributed by atoms with van der Waals surface area (Å²) in [6, 6.07) is 25.0. The molecule has 3 heteroatoms. The first kappa shape index (κ1) is 17.4. The van der Waals surface area contributed by atoms with Crippen LogP contribution < -0.4 is 5.32 Å². The number of nitrogens with zero attached hydrogens (tertiary/aromatic N) is 1. The molecule has 2 heterocycles. The van der Waals surface area contributed by atoms with Gasteiger partial charge in [0.15, 0.2) is 0 Å². The number of hydrogen-bond donors (Lipinski definition) is 2. The first-order chi connectivity index (χ1) is 13.8.